The van der Waals surface area contributed by atoms with Crippen molar-refractivity contribution >= 4 is 23.8 Å². The molecular formula is C14H35NO9Si2. The second-order valence-electron chi connectivity index (χ2n) is 4.89. The number of ether oxygens (including phenoxy) is 2. The quantitative estimate of drug-likeness (QED) is 0.266. The standard InChI is InChI=1S/C8H18O6Si.C6H17NO3Si/c1-10-8(9)14-6-5-7-15(11-2,12-3)13-4;1-8-11(9-2,10-3)6-4-5-7/h5-7H2,1-4H3;4-7H2,1-3H3. The molecule has 0 aliphatic rings. The number of carbonyl (C=O) groups is 1. The lowest BCUT2D eigenvalue weighted by Crippen LogP contribution is -2.42. The van der Waals surface area contributed by atoms with Gasteiger partial charge in [0.05, 0.1) is 13.7 Å². The maximum Gasteiger partial charge on any atom is 0.507 e. The maximum atomic E-state index is 10.6. The number of nitrogens with two attached hydrogens (primary N) is 1. The van der Waals surface area contributed by atoms with E-state index in [0.717, 1.165) is 12.5 Å². The number of methoxy groups -OCH3 is 1. The number of hydrogen-bond acceptors (Lipinski definition) is 10. The smallest absolute Gasteiger partial charge is 0.438 e. The van der Waals surface area contributed by atoms with E-state index in [9.17, 15) is 4.79 Å². The maximum absolute atomic E-state index is 10.6. The summed E-state index contributed by atoms with van der Waals surface area (Å²) in [6, 6.07) is 1.38. The third-order valence-electron chi connectivity index (χ3n) is 3.57. The Hall–Kier alpha value is -0.576. The molecule has 0 spiro atoms. The largest absolute Gasteiger partial charge is 0.507 e. The van der Waals surface area contributed by atoms with Crippen LogP contribution in [0.4, 0.5) is 4.79 Å². The van der Waals surface area contributed by atoms with Crippen molar-refractivity contribution < 1.29 is 40.8 Å². The van der Waals surface area contributed by atoms with Crippen LogP contribution in [0.15, 0.2) is 0 Å². The first kappa shape index (κ1) is 27.6. The zero-order valence-electron chi connectivity index (χ0n) is 17.0. The van der Waals surface area contributed by atoms with Crippen LogP contribution in [-0.4, -0.2) is 86.7 Å². The second kappa shape index (κ2) is 16.6. The van der Waals surface area contributed by atoms with Gasteiger partial charge in [0.15, 0.2) is 0 Å². The van der Waals surface area contributed by atoms with Crippen molar-refractivity contribution in [3.8, 4) is 0 Å². The summed E-state index contributed by atoms with van der Waals surface area (Å²) < 4.78 is 40.1. The lowest BCUT2D eigenvalue weighted by atomic mass is 10.5. The second-order valence-corrected chi connectivity index (χ2v) is 11.1. The summed E-state index contributed by atoms with van der Waals surface area (Å²) in [5.41, 5.74) is 5.36. The van der Waals surface area contributed by atoms with Gasteiger partial charge in [0, 0.05) is 54.7 Å². The Kier molecular flexibility index (Phi) is 17.6. The monoisotopic (exact) mass is 417 g/mol. The molecule has 0 saturated heterocycles. The highest BCUT2D eigenvalue weighted by Crippen LogP contribution is 2.15. The third-order valence-corrected chi connectivity index (χ3v) is 9.23. The van der Waals surface area contributed by atoms with E-state index in [1.165, 1.54) is 7.11 Å². The molecule has 0 aliphatic carbocycles. The van der Waals surface area contributed by atoms with Crippen LogP contribution in [0.2, 0.25) is 12.1 Å². The van der Waals surface area contributed by atoms with E-state index in [0.29, 0.717) is 19.0 Å². The van der Waals surface area contributed by atoms with E-state index in [4.69, 9.17) is 37.0 Å². The molecule has 0 bridgehead atoms. The molecule has 0 rings (SSSR count). The van der Waals surface area contributed by atoms with Crippen LogP contribution in [0.3, 0.4) is 0 Å². The fourth-order valence-corrected chi connectivity index (χ4v) is 5.37. The van der Waals surface area contributed by atoms with Gasteiger partial charge >= 0.3 is 23.8 Å². The summed E-state index contributed by atoms with van der Waals surface area (Å²) in [5.74, 6) is 0. The first-order chi connectivity index (χ1) is 12.4. The van der Waals surface area contributed by atoms with Gasteiger partial charge in [-0.25, -0.2) is 4.79 Å². The van der Waals surface area contributed by atoms with Gasteiger partial charge in [0.2, 0.25) is 0 Å². The van der Waals surface area contributed by atoms with Crippen molar-refractivity contribution in [3.05, 3.63) is 0 Å². The zero-order chi connectivity index (χ0) is 20.5. The summed E-state index contributed by atoms with van der Waals surface area (Å²) in [7, 11) is 5.86. The summed E-state index contributed by atoms with van der Waals surface area (Å²) in [5, 5.41) is 0. The van der Waals surface area contributed by atoms with Crippen LogP contribution in [-0.2, 0) is 36.0 Å². The average molecular weight is 418 g/mol. The minimum absolute atomic E-state index is 0.261. The molecule has 0 unspecified atom stereocenters. The molecule has 0 aromatic rings. The van der Waals surface area contributed by atoms with Crippen molar-refractivity contribution in [2.75, 3.05) is 62.9 Å². The molecule has 0 radical (unpaired) electrons. The van der Waals surface area contributed by atoms with Gasteiger partial charge in [0.1, 0.15) is 0 Å². The first-order valence-electron chi connectivity index (χ1n) is 8.10. The first-order valence-corrected chi connectivity index (χ1v) is 12.0. The molecule has 0 aliphatic heterocycles. The fourth-order valence-electron chi connectivity index (χ4n) is 1.93. The van der Waals surface area contributed by atoms with E-state index >= 15 is 0 Å². The molecule has 0 atom stereocenters. The van der Waals surface area contributed by atoms with Gasteiger partial charge in [-0.05, 0) is 19.4 Å². The molecule has 12 heteroatoms. The Balaban J connectivity index is 0. The number of carbonyl (C=O) groups excluding carboxylic acids is 1. The molecular weight excluding hydrogens is 382 g/mol. The van der Waals surface area contributed by atoms with Crippen LogP contribution < -0.4 is 5.73 Å². The van der Waals surface area contributed by atoms with Crippen molar-refractivity contribution in [1.29, 1.82) is 0 Å². The minimum Gasteiger partial charge on any atom is -0.438 e. The Bertz CT molecular complexity index is 326. The summed E-state index contributed by atoms with van der Waals surface area (Å²) >= 11 is 0. The van der Waals surface area contributed by atoms with Crippen LogP contribution >= 0.6 is 0 Å². The number of hydrogen-bond donors (Lipinski definition) is 1. The van der Waals surface area contributed by atoms with E-state index in [-0.39, 0.29) is 6.61 Å². The van der Waals surface area contributed by atoms with E-state index in [1.807, 2.05) is 0 Å². The van der Waals surface area contributed by atoms with Crippen LogP contribution in [0.5, 0.6) is 0 Å². The average Bonchev–Trinajstić information content (AvgIpc) is 2.70. The molecule has 0 fully saturated rings. The molecule has 0 amide bonds. The van der Waals surface area contributed by atoms with Crippen LogP contribution in [0.25, 0.3) is 0 Å². The molecule has 0 heterocycles. The van der Waals surface area contributed by atoms with Gasteiger partial charge < -0.3 is 41.8 Å². The number of rotatable bonds is 13. The van der Waals surface area contributed by atoms with Crippen molar-refractivity contribution in [1.82, 2.24) is 0 Å². The molecule has 2 N–H and O–H groups in total. The van der Waals surface area contributed by atoms with E-state index in [2.05, 4.69) is 4.74 Å². The van der Waals surface area contributed by atoms with Crippen LogP contribution in [0, 0.1) is 0 Å². The van der Waals surface area contributed by atoms with E-state index < -0.39 is 23.8 Å². The normalized spacial score (nSPS) is 11.5. The van der Waals surface area contributed by atoms with Gasteiger partial charge in [-0.15, -0.1) is 0 Å². The lowest BCUT2D eigenvalue weighted by Gasteiger charge is -2.23. The van der Waals surface area contributed by atoms with Crippen molar-refractivity contribution in [2.45, 2.75) is 24.9 Å². The molecule has 0 aromatic carbocycles. The summed E-state index contributed by atoms with van der Waals surface area (Å²) in [6.07, 6.45) is 0.799. The highest BCUT2D eigenvalue weighted by molar-refractivity contribution is 6.60. The Labute approximate surface area is 158 Å². The van der Waals surface area contributed by atoms with Gasteiger partial charge in [-0.1, -0.05) is 0 Å². The highest BCUT2D eigenvalue weighted by Gasteiger charge is 2.37. The fraction of sp³-hybridized carbons (Fsp3) is 0.929. The van der Waals surface area contributed by atoms with Crippen molar-refractivity contribution in [2.24, 2.45) is 5.73 Å². The SMILES string of the molecule is COC(=O)OCCC[Si](OC)(OC)OC.CO[Si](CCCN)(OC)OC. The zero-order valence-corrected chi connectivity index (χ0v) is 19.0. The van der Waals surface area contributed by atoms with Gasteiger partial charge in [-0.3, -0.25) is 0 Å². The van der Waals surface area contributed by atoms with Crippen LogP contribution in [0.1, 0.15) is 12.8 Å². The molecule has 0 aromatic heterocycles. The topological polar surface area (TPSA) is 117 Å². The molecule has 10 nitrogen and oxygen atoms in total. The van der Waals surface area contributed by atoms with Crippen molar-refractivity contribution in [3.63, 3.8) is 0 Å². The van der Waals surface area contributed by atoms with Gasteiger partial charge in [-0.2, -0.15) is 0 Å². The summed E-state index contributed by atoms with van der Waals surface area (Å²) in [4.78, 5) is 10.6. The van der Waals surface area contributed by atoms with E-state index in [1.54, 1.807) is 42.7 Å². The molecule has 0 saturated carbocycles. The summed E-state index contributed by atoms with van der Waals surface area (Å²) in [6.45, 7) is 0.905. The predicted molar refractivity (Wildman–Crippen MR) is 99.8 cm³/mol. The lowest BCUT2D eigenvalue weighted by molar-refractivity contribution is 0.0696. The Morgan fingerprint density at radius 3 is 1.42 bits per heavy atom. The third kappa shape index (κ3) is 11.2. The highest BCUT2D eigenvalue weighted by atomic mass is 28.4. The van der Waals surface area contributed by atoms with Gasteiger partial charge in [0.25, 0.3) is 0 Å². The molecule has 158 valence electrons. The Morgan fingerprint density at radius 2 is 1.12 bits per heavy atom. The molecule has 26 heavy (non-hydrogen) atoms. The Morgan fingerprint density at radius 1 is 0.731 bits per heavy atom. The minimum atomic E-state index is -2.53. The predicted octanol–water partition coefficient (Wildman–Crippen LogP) is 1.25.